The number of hydrogen-bond acceptors (Lipinski definition) is 3. The van der Waals surface area contributed by atoms with E-state index in [0.717, 1.165) is 12.0 Å². The number of nitrogens with zero attached hydrogens (tertiary/aromatic N) is 1. The van der Waals surface area contributed by atoms with E-state index in [1.165, 1.54) is 6.92 Å². The second kappa shape index (κ2) is 7.79. The Kier molecular flexibility index (Phi) is 6.59. The Morgan fingerprint density at radius 2 is 1.91 bits per heavy atom. The van der Waals surface area contributed by atoms with Gasteiger partial charge in [0.05, 0.1) is 0 Å². The molecule has 1 aromatic rings. The first kappa shape index (κ1) is 19.5. The van der Waals surface area contributed by atoms with Crippen molar-refractivity contribution in [3.63, 3.8) is 0 Å². The number of nitrogens with one attached hydrogen (secondary N) is 1. The molecule has 1 heterocycles. The van der Waals surface area contributed by atoms with Gasteiger partial charge in [-0.1, -0.05) is 26.0 Å². The van der Waals surface area contributed by atoms with Gasteiger partial charge in [-0.3, -0.25) is 9.59 Å². The van der Waals surface area contributed by atoms with Gasteiger partial charge in [0.2, 0.25) is 5.91 Å². The molecule has 1 fully saturated rings. The number of carbonyl (C=O) groups excluding carboxylic acids is 2. The number of halogens is 1. The van der Waals surface area contributed by atoms with Crippen LogP contribution in [0.3, 0.4) is 0 Å². The summed E-state index contributed by atoms with van der Waals surface area (Å²) in [5.74, 6) is -0.0157. The van der Waals surface area contributed by atoms with Gasteiger partial charge >= 0.3 is 0 Å². The summed E-state index contributed by atoms with van der Waals surface area (Å²) in [5.41, 5.74) is 7.72. The van der Waals surface area contributed by atoms with Crippen LogP contribution in [0, 0.1) is 5.41 Å². The fourth-order valence-electron chi connectivity index (χ4n) is 2.72. The van der Waals surface area contributed by atoms with Gasteiger partial charge in [0.25, 0.3) is 5.91 Å². The predicted octanol–water partition coefficient (Wildman–Crippen LogP) is 1.94. The molecule has 3 N–H and O–H groups in total. The maximum atomic E-state index is 12.6. The smallest absolute Gasteiger partial charge is 0.253 e. The molecule has 128 valence electrons. The SMILES string of the molecule is CC(=O)NCc1ccc(C(=O)N2CCC(N)C(C)(C)C2)cc1.Cl. The summed E-state index contributed by atoms with van der Waals surface area (Å²) in [5, 5.41) is 2.74. The summed E-state index contributed by atoms with van der Waals surface area (Å²) in [4.78, 5) is 25.4. The van der Waals surface area contributed by atoms with Crippen molar-refractivity contribution in [2.24, 2.45) is 11.1 Å². The molecule has 0 bridgehead atoms. The van der Waals surface area contributed by atoms with Gasteiger partial charge < -0.3 is 16.0 Å². The first-order chi connectivity index (χ1) is 10.3. The topological polar surface area (TPSA) is 75.4 Å². The summed E-state index contributed by atoms with van der Waals surface area (Å²) < 4.78 is 0. The van der Waals surface area contributed by atoms with Crippen LogP contribution in [0.5, 0.6) is 0 Å². The van der Waals surface area contributed by atoms with Crippen LogP contribution in [0.15, 0.2) is 24.3 Å². The molecule has 2 rings (SSSR count). The third kappa shape index (κ3) is 4.94. The fourth-order valence-corrected chi connectivity index (χ4v) is 2.72. The van der Waals surface area contributed by atoms with E-state index in [1.807, 2.05) is 29.2 Å². The Bertz CT molecular complexity index is 557. The van der Waals surface area contributed by atoms with Crippen LogP contribution in [-0.4, -0.2) is 35.8 Å². The van der Waals surface area contributed by atoms with Gasteiger partial charge in [-0.05, 0) is 29.5 Å². The third-order valence-electron chi connectivity index (χ3n) is 4.34. The van der Waals surface area contributed by atoms with E-state index in [1.54, 1.807) is 0 Å². The Balaban J connectivity index is 0.00000264. The minimum Gasteiger partial charge on any atom is -0.352 e. The van der Waals surface area contributed by atoms with Crippen molar-refractivity contribution >= 4 is 24.2 Å². The third-order valence-corrected chi connectivity index (χ3v) is 4.34. The van der Waals surface area contributed by atoms with E-state index in [-0.39, 0.29) is 35.7 Å². The van der Waals surface area contributed by atoms with Gasteiger partial charge in [-0.15, -0.1) is 12.4 Å². The van der Waals surface area contributed by atoms with Crippen molar-refractivity contribution in [3.8, 4) is 0 Å². The van der Waals surface area contributed by atoms with Gasteiger partial charge in [0, 0.05) is 38.2 Å². The standard InChI is InChI=1S/C17H25N3O2.ClH/c1-12(21)19-10-13-4-6-14(7-5-13)16(22)20-9-8-15(18)17(2,3)11-20;/h4-7,15H,8-11,18H2,1-3H3,(H,19,21);1H. The number of carbonyl (C=O) groups is 2. The number of piperidine rings is 1. The molecule has 23 heavy (non-hydrogen) atoms. The molecular formula is C17H26ClN3O2. The predicted molar refractivity (Wildman–Crippen MR) is 93.5 cm³/mol. The maximum absolute atomic E-state index is 12.6. The number of rotatable bonds is 3. The number of amides is 2. The van der Waals surface area contributed by atoms with Crippen molar-refractivity contribution < 1.29 is 9.59 Å². The maximum Gasteiger partial charge on any atom is 0.253 e. The summed E-state index contributed by atoms with van der Waals surface area (Å²) in [6.45, 7) is 7.56. The lowest BCUT2D eigenvalue weighted by molar-refractivity contribution is -0.119. The van der Waals surface area contributed by atoms with Gasteiger partial charge in [-0.2, -0.15) is 0 Å². The molecule has 5 nitrogen and oxygen atoms in total. The van der Waals surface area contributed by atoms with Crippen molar-refractivity contribution in [2.75, 3.05) is 13.1 Å². The minimum absolute atomic E-state index is 0. The largest absolute Gasteiger partial charge is 0.352 e. The van der Waals surface area contributed by atoms with Crippen LogP contribution in [0.1, 0.15) is 43.1 Å². The van der Waals surface area contributed by atoms with Crippen molar-refractivity contribution in [2.45, 2.75) is 39.8 Å². The van der Waals surface area contributed by atoms with Crippen LogP contribution in [-0.2, 0) is 11.3 Å². The van der Waals surface area contributed by atoms with Crippen LogP contribution < -0.4 is 11.1 Å². The summed E-state index contributed by atoms with van der Waals surface area (Å²) >= 11 is 0. The molecule has 1 unspecified atom stereocenters. The van der Waals surface area contributed by atoms with Crippen molar-refractivity contribution in [1.29, 1.82) is 0 Å². The zero-order valence-electron chi connectivity index (χ0n) is 14.0. The molecule has 6 heteroatoms. The van der Waals surface area contributed by atoms with Crippen LogP contribution in [0.25, 0.3) is 0 Å². The van der Waals surface area contributed by atoms with Crippen LogP contribution >= 0.6 is 12.4 Å². The molecule has 2 amide bonds. The zero-order chi connectivity index (χ0) is 16.3. The highest BCUT2D eigenvalue weighted by Crippen LogP contribution is 2.28. The summed E-state index contributed by atoms with van der Waals surface area (Å²) in [6, 6.07) is 7.53. The van der Waals surface area contributed by atoms with E-state index in [2.05, 4.69) is 19.2 Å². The molecule has 0 aromatic heterocycles. The molecular weight excluding hydrogens is 314 g/mol. The van der Waals surface area contributed by atoms with E-state index < -0.39 is 0 Å². The minimum atomic E-state index is -0.0629. The molecule has 1 aliphatic rings. The average molecular weight is 340 g/mol. The fraction of sp³-hybridized carbons (Fsp3) is 0.529. The van der Waals surface area contributed by atoms with E-state index in [4.69, 9.17) is 5.73 Å². The monoisotopic (exact) mass is 339 g/mol. The second-order valence-electron chi connectivity index (χ2n) is 6.72. The lowest BCUT2D eigenvalue weighted by atomic mass is 9.79. The molecule has 1 saturated heterocycles. The van der Waals surface area contributed by atoms with E-state index in [0.29, 0.717) is 25.2 Å². The summed E-state index contributed by atoms with van der Waals surface area (Å²) in [6.07, 6.45) is 0.833. The molecule has 0 saturated carbocycles. The quantitative estimate of drug-likeness (QED) is 0.883. The summed E-state index contributed by atoms with van der Waals surface area (Å²) in [7, 11) is 0. The normalized spacial score (nSPS) is 19.7. The van der Waals surface area contributed by atoms with Crippen molar-refractivity contribution in [3.05, 3.63) is 35.4 Å². The van der Waals surface area contributed by atoms with E-state index in [9.17, 15) is 9.59 Å². The number of likely N-dealkylation sites (tertiary alicyclic amines) is 1. The molecule has 0 radical (unpaired) electrons. The van der Waals surface area contributed by atoms with Crippen LogP contribution in [0.4, 0.5) is 0 Å². The highest BCUT2D eigenvalue weighted by Gasteiger charge is 2.35. The van der Waals surface area contributed by atoms with Gasteiger partial charge in [0.15, 0.2) is 0 Å². The number of nitrogens with two attached hydrogens (primary N) is 1. The number of benzene rings is 1. The van der Waals surface area contributed by atoms with Crippen LogP contribution in [0.2, 0.25) is 0 Å². The zero-order valence-corrected chi connectivity index (χ0v) is 14.8. The lowest BCUT2D eigenvalue weighted by Gasteiger charge is -2.42. The lowest BCUT2D eigenvalue weighted by Crippen LogP contribution is -2.53. The van der Waals surface area contributed by atoms with Gasteiger partial charge in [0.1, 0.15) is 0 Å². The van der Waals surface area contributed by atoms with E-state index >= 15 is 0 Å². The second-order valence-corrected chi connectivity index (χ2v) is 6.72. The molecule has 0 spiro atoms. The first-order valence-corrected chi connectivity index (χ1v) is 7.68. The Morgan fingerprint density at radius 1 is 1.30 bits per heavy atom. The van der Waals surface area contributed by atoms with Crippen molar-refractivity contribution in [1.82, 2.24) is 10.2 Å². The van der Waals surface area contributed by atoms with Gasteiger partial charge in [-0.25, -0.2) is 0 Å². The Morgan fingerprint density at radius 3 is 2.43 bits per heavy atom. The highest BCUT2D eigenvalue weighted by molar-refractivity contribution is 5.94. The number of hydrogen-bond donors (Lipinski definition) is 2. The molecule has 0 aliphatic carbocycles. The average Bonchev–Trinajstić information content (AvgIpc) is 2.47. The first-order valence-electron chi connectivity index (χ1n) is 7.68. The Labute approximate surface area is 144 Å². The molecule has 1 aliphatic heterocycles. The molecule has 1 atom stereocenters. The molecule has 1 aromatic carbocycles. The Hall–Kier alpha value is -1.59. The highest BCUT2D eigenvalue weighted by atomic mass is 35.5.